The summed E-state index contributed by atoms with van der Waals surface area (Å²) in [6.45, 7) is -2.08. The van der Waals surface area contributed by atoms with Crippen LogP contribution in [-0.2, 0) is 4.79 Å². The Balaban J connectivity index is 2.28. The van der Waals surface area contributed by atoms with Gasteiger partial charge in [0.1, 0.15) is 13.1 Å². The molecule has 124 valence electrons. The minimum atomic E-state index is -4.57. The molecule has 0 unspecified atom stereocenters. The number of nitrogens with zero attached hydrogens (tertiary/aromatic N) is 2. The van der Waals surface area contributed by atoms with E-state index in [9.17, 15) is 22.8 Å². The highest BCUT2D eigenvalue weighted by atomic mass is 32.1. The normalized spacial score (nSPS) is 11.5. The minimum absolute atomic E-state index is 0.131. The second-order valence-corrected chi connectivity index (χ2v) is 6.19. The summed E-state index contributed by atoms with van der Waals surface area (Å²) in [6, 6.07) is 6.49. The van der Waals surface area contributed by atoms with Crippen molar-refractivity contribution in [2.75, 3.05) is 27.2 Å². The number of halogens is 3. The van der Waals surface area contributed by atoms with Crippen molar-refractivity contribution >= 4 is 33.2 Å². The first-order valence-electron chi connectivity index (χ1n) is 6.71. The molecule has 0 fully saturated rings. The van der Waals surface area contributed by atoms with Crippen LogP contribution in [0.2, 0.25) is 0 Å². The average Bonchev–Trinajstić information content (AvgIpc) is 2.91. The summed E-state index contributed by atoms with van der Waals surface area (Å²) in [5.74, 6) is -1.38. The van der Waals surface area contributed by atoms with Crippen molar-refractivity contribution in [1.29, 1.82) is 0 Å². The van der Waals surface area contributed by atoms with Crippen molar-refractivity contribution in [3.05, 3.63) is 35.2 Å². The first kappa shape index (κ1) is 17.3. The molecule has 1 aromatic carbocycles. The number of amides is 2. The van der Waals surface area contributed by atoms with Gasteiger partial charge in [-0.3, -0.25) is 9.59 Å². The van der Waals surface area contributed by atoms with E-state index in [1.165, 1.54) is 37.6 Å². The summed E-state index contributed by atoms with van der Waals surface area (Å²) >= 11 is 1.48. The van der Waals surface area contributed by atoms with Crippen LogP contribution >= 0.6 is 11.3 Å². The zero-order chi connectivity index (χ0) is 17.2. The maximum absolute atomic E-state index is 12.7. The fraction of sp³-hybridized carbons (Fsp3) is 0.333. The Morgan fingerprint density at radius 3 is 2.48 bits per heavy atom. The molecule has 2 aromatic rings. The van der Waals surface area contributed by atoms with Gasteiger partial charge >= 0.3 is 6.18 Å². The number of fused-ring (bicyclic) bond motifs is 1. The summed E-state index contributed by atoms with van der Waals surface area (Å²) in [7, 11) is 2.85. The number of carbonyl (C=O) groups is 2. The molecule has 4 nitrogen and oxygen atoms in total. The standard InChI is InChI=1S/C15H15F3N2O2S/c1-19(2)13(21)8-20(9-15(16,17)18)14(22)11-3-4-12-10(7-11)5-6-23-12/h3-7H,8-9H2,1-2H3. The van der Waals surface area contributed by atoms with E-state index in [-0.39, 0.29) is 5.56 Å². The molecule has 8 heteroatoms. The van der Waals surface area contributed by atoms with Crippen LogP contribution < -0.4 is 0 Å². The predicted octanol–water partition coefficient (Wildman–Crippen LogP) is 2.99. The molecule has 0 aliphatic heterocycles. The number of hydrogen-bond acceptors (Lipinski definition) is 3. The molecule has 2 amide bonds. The molecule has 0 aliphatic carbocycles. The molecule has 0 aliphatic rings. The first-order chi connectivity index (χ1) is 10.7. The van der Waals surface area contributed by atoms with E-state index in [4.69, 9.17) is 0 Å². The monoisotopic (exact) mass is 344 g/mol. The van der Waals surface area contributed by atoms with Crippen LogP contribution in [0.5, 0.6) is 0 Å². The lowest BCUT2D eigenvalue weighted by Crippen LogP contribution is -2.44. The number of carbonyl (C=O) groups excluding carboxylic acids is 2. The van der Waals surface area contributed by atoms with Crippen LogP contribution in [-0.4, -0.2) is 55.0 Å². The number of benzene rings is 1. The Bertz CT molecular complexity index is 725. The topological polar surface area (TPSA) is 40.6 Å². The largest absolute Gasteiger partial charge is 0.406 e. The summed E-state index contributed by atoms with van der Waals surface area (Å²) < 4.78 is 39.1. The van der Waals surface area contributed by atoms with Crippen molar-refractivity contribution in [3.63, 3.8) is 0 Å². The highest BCUT2D eigenvalue weighted by Crippen LogP contribution is 2.23. The highest BCUT2D eigenvalue weighted by molar-refractivity contribution is 7.17. The molecule has 0 radical (unpaired) electrons. The lowest BCUT2D eigenvalue weighted by atomic mass is 10.1. The van der Waals surface area contributed by atoms with E-state index >= 15 is 0 Å². The average molecular weight is 344 g/mol. The van der Waals surface area contributed by atoms with Gasteiger partial charge < -0.3 is 9.80 Å². The minimum Gasteiger partial charge on any atom is -0.347 e. The van der Waals surface area contributed by atoms with Crippen molar-refractivity contribution < 1.29 is 22.8 Å². The third-order valence-electron chi connectivity index (χ3n) is 3.18. The van der Waals surface area contributed by atoms with Crippen LogP contribution in [0.4, 0.5) is 13.2 Å². The second-order valence-electron chi connectivity index (χ2n) is 5.24. The van der Waals surface area contributed by atoms with Gasteiger partial charge in [-0.05, 0) is 35.0 Å². The van der Waals surface area contributed by atoms with Crippen LogP contribution in [0, 0.1) is 0 Å². The van der Waals surface area contributed by atoms with Gasteiger partial charge in [0.2, 0.25) is 5.91 Å². The Morgan fingerprint density at radius 2 is 1.87 bits per heavy atom. The fourth-order valence-corrected chi connectivity index (χ4v) is 2.77. The van der Waals surface area contributed by atoms with E-state index in [2.05, 4.69) is 0 Å². The predicted molar refractivity (Wildman–Crippen MR) is 82.5 cm³/mol. The van der Waals surface area contributed by atoms with Gasteiger partial charge in [-0.1, -0.05) is 0 Å². The van der Waals surface area contributed by atoms with Gasteiger partial charge in [0, 0.05) is 24.4 Å². The zero-order valence-electron chi connectivity index (χ0n) is 12.6. The van der Waals surface area contributed by atoms with E-state index in [0.717, 1.165) is 15.0 Å². The Hall–Kier alpha value is -2.09. The number of alkyl halides is 3. The van der Waals surface area contributed by atoms with Gasteiger partial charge in [-0.15, -0.1) is 11.3 Å². The van der Waals surface area contributed by atoms with Crippen molar-refractivity contribution in [2.24, 2.45) is 0 Å². The summed E-state index contributed by atoms with van der Waals surface area (Å²) in [6.07, 6.45) is -4.57. The lowest BCUT2D eigenvalue weighted by Gasteiger charge is -2.25. The third kappa shape index (κ3) is 4.44. The summed E-state index contributed by atoms with van der Waals surface area (Å²) in [4.78, 5) is 25.8. The number of likely N-dealkylation sites (N-methyl/N-ethyl adjacent to an activating group) is 1. The van der Waals surface area contributed by atoms with E-state index in [1.54, 1.807) is 12.1 Å². The highest BCUT2D eigenvalue weighted by Gasteiger charge is 2.34. The molecule has 0 N–H and O–H groups in total. The SMILES string of the molecule is CN(C)C(=O)CN(CC(F)(F)F)C(=O)c1ccc2sccc2c1. The lowest BCUT2D eigenvalue weighted by molar-refractivity contribution is -0.146. The molecule has 2 rings (SSSR count). The van der Waals surface area contributed by atoms with Crippen LogP contribution in [0.25, 0.3) is 10.1 Å². The number of rotatable bonds is 4. The van der Waals surface area contributed by atoms with Crippen molar-refractivity contribution in [1.82, 2.24) is 9.80 Å². The van der Waals surface area contributed by atoms with Crippen molar-refractivity contribution in [2.45, 2.75) is 6.18 Å². The van der Waals surface area contributed by atoms with Gasteiger partial charge in [0.15, 0.2) is 0 Å². The van der Waals surface area contributed by atoms with E-state index in [1.807, 2.05) is 5.38 Å². The molecule has 1 heterocycles. The third-order valence-corrected chi connectivity index (χ3v) is 4.08. The Labute approximate surface area is 135 Å². The Kier molecular flexibility index (Phi) is 4.93. The van der Waals surface area contributed by atoms with E-state index in [0.29, 0.717) is 4.90 Å². The molecule has 0 bridgehead atoms. The quantitative estimate of drug-likeness (QED) is 0.855. The van der Waals surface area contributed by atoms with Gasteiger partial charge in [-0.2, -0.15) is 13.2 Å². The smallest absolute Gasteiger partial charge is 0.347 e. The van der Waals surface area contributed by atoms with Crippen LogP contribution in [0.15, 0.2) is 29.6 Å². The number of hydrogen-bond donors (Lipinski definition) is 0. The molecule has 1 aromatic heterocycles. The molecular formula is C15H15F3N2O2S. The first-order valence-corrected chi connectivity index (χ1v) is 7.59. The maximum atomic E-state index is 12.7. The second kappa shape index (κ2) is 6.57. The molecule has 0 atom stereocenters. The molecule has 23 heavy (non-hydrogen) atoms. The number of thiophene rings is 1. The van der Waals surface area contributed by atoms with Gasteiger partial charge in [0.05, 0.1) is 0 Å². The Morgan fingerprint density at radius 1 is 1.17 bits per heavy atom. The molecule has 0 spiro atoms. The molecule has 0 saturated carbocycles. The van der Waals surface area contributed by atoms with Crippen LogP contribution in [0.3, 0.4) is 0 Å². The van der Waals surface area contributed by atoms with Gasteiger partial charge in [-0.25, -0.2) is 0 Å². The van der Waals surface area contributed by atoms with E-state index < -0.39 is 31.1 Å². The summed E-state index contributed by atoms with van der Waals surface area (Å²) in [5, 5.41) is 2.62. The van der Waals surface area contributed by atoms with Crippen LogP contribution in [0.1, 0.15) is 10.4 Å². The maximum Gasteiger partial charge on any atom is 0.406 e. The summed E-state index contributed by atoms with van der Waals surface area (Å²) in [5.41, 5.74) is 0.131. The zero-order valence-corrected chi connectivity index (χ0v) is 13.4. The van der Waals surface area contributed by atoms with Gasteiger partial charge in [0.25, 0.3) is 5.91 Å². The fourth-order valence-electron chi connectivity index (χ4n) is 2.00. The van der Waals surface area contributed by atoms with Crippen molar-refractivity contribution in [3.8, 4) is 0 Å². The molecular weight excluding hydrogens is 329 g/mol. The molecule has 0 saturated heterocycles.